The van der Waals surface area contributed by atoms with Crippen LogP contribution in [-0.4, -0.2) is 35.6 Å². The molecule has 0 aromatic rings. The van der Waals surface area contributed by atoms with Crippen LogP contribution >= 0.6 is 0 Å². The Kier molecular flexibility index (Phi) is 4.38. The van der Waals surface area contributed by atoms with Crippen LogP contribution in [0.3, 0.4) is 0 Å². The minimum absolute atomic E-state index is 0.266. The van der Waals surface area contributed by atoms with E-state index in [1.165, 1.54) is 58.2 Å². The first-order valence-corrected chi connectivity index (χ1v) is 7.89. The highest BCUT2D eigenvalue weighted by Crippen LogP contribution is 2.36. The van der Waals surface area contributed by atoms with Crippen LogP contribution in [0.4, 0.5) is 0 Å². The largest absolute Gasteiger partial charge is 0.312 e. The van der Waals surface area contributed by atoms with Crippen molar-refractivity contribution >= 4 is 0 Å². The van der Waals surface area contributed by atoms with Gasteiger partial charge in [-0.2, -0.15) is 0 Å². The van der Waals surface area contributed by atoms with E-state index in [9.17, 15) is 0 Å². The Morgan fingerprint density at radius 3 is 2.44 bits per heavy atom. The molecule has 2 heteroatoms. The Bertz CT molecular complexity index is 261. The van der Waals surface area contributed by atoms with Crippen molar-refractivity contribution in [1.29, 1.82) is 0 Å². The summed E-state index contributed by atoms with van der Waals surface area (Å²) < 4.78 is 0. The van der Waals surface area contributed by atoms with Crippen LogP contribution in [0.2, 0.25) is 0 Å². The van der Waals surface area contributed by atoms with Crippen molar-refractivity contribution in [2.75, 3.05) is 19.6 Å². The SMILES string of the molecule is CC(C)(C)NCC1CCN(C2(C)CCCCC2)C1. The fraction of sp³-hybridized carbons (Fsp3) is 1.00. The number of nitrogens with one attached hydrogen (secondary N) is 1. The zero-order valence-electron chi connectivity index (χ0n) is 12.9. The lowest BCUT2D eigenvalue weighted by atomic mass is 9.82. The molecule has 18 heavy (non-hydrogen) atoms. The molecule has 2 aliphatic rings. The summed E-state index contributed by atoms with van der Waals surface area (Å²) in [5, 5.41) is 3.67. The summed E-state index contributed by atoms with van der Waals surface area (Å²) in [4.78, 5) is 2.79. The molecule has 1 N–H and O–H groups in total. The third-order valence-corrected chi connectivity index (χ3v) is 4.90. The first kappa shape index (κ1) is 14.3. The Balaban J connectivity index is 1.80. The van der Waals surface area contributed by atoms with E-state index >= 15 is 0 Å². The zero-order chi connectivity index (χ0) is 13.2. The topological polar surface area (TPSA) is 15.3 Å². The second-order valence-corrected chi connectivity index (χ2v) is 7.79. The van der Waals surface area contributed by atoms with Gasteiger partial charge in [0, 0.05) is 17.6 Å². The van der Waals surface area contributed by atoms with E-state index in [4.69, 9.17) is 0 Å². The molecule has 106 valence electrons. The van der Waals surface area contributed by atoms with Gasteiger partial charge in [0.25, 0.3) is 0 Å². The van der Waals surface area contributed by atoms with Gasteiger partial charge in [0.15, 0.2) is 0 Å². The Hall–Kier alpha value is -0.0800. The molecule has 0 amide bonds. The van der Waals surface area contributed by atoms with E-state index in [0.717, 1.165) is 5.92 Å². The lowest BCUT2D eigenvalue weighted by Crippen LogP contribution is -2.47. The maximum Gasteiger partial charge on any atom is 0.0181 e. The summed E-state index contributed by atoms with van der Waals surface area (Å²) in [5.74, 6) is 0.864. The summed E-state index contributed by atoms with van der Waals surface area (Å²) in [6, 6.07) is 0. The van der Waals surface area contributed by atoms with Crippen LogP contribution in [0, 0.1) is 5.92 Å². The van der Waals surface area contributed by atoms with Gasteiger partial charge in [-0.15, -0.1) is 0 Å². The highest BCUT2D eigenvalue weighted by molar-refractivity contribution is 4.93. The average molecular weight is 252 g/mol. The van der Waals surface area contributed by atoms with E-state index in [0.29, 0.717) is 5.54 Å². The highest BCUT2D eigenvalue weighted by atomic mass is 15.2. The number of likely N-dealkylation sites (tertiary alicyclic amines) is 1. The number of nitrogens with zero attached hydrogens (tertiary/aromatic N) is 1. The van der Waals surface area contributed by atoms with Gasteiger partial charge in [-0.3, -0.25) is 4.90 Å². The predicted molar refractivity (Wildman–Crippen MR) is 78.9 cm³/mol. The summed E-state index contributed by atoms with van der Waals surface area (Å²) in [5.41, 5.74) is 0.789. The van der Waals surface area contributed by atoms with Crippen molar-refractivity contribution in [3.63, 3.8) is 0 Å². The van der Waals surface area contributed by atoms with Crippen LogP contribution in [-0.2, 0) is 0 Å². The molecule has 2 rings (SSSR count). The van der Waals surface area contributed by atoms with Gasteiger partial charge in [0.05, 0.1) is 0 Å². The van der Waals surface area contributed by atoms with E-state index in [2.05, 4.69) is 37.9 Å². The van der Waals surface area contributed by atoms with Gasteiger partial charge < -0.3 is 5.32 Å². The van der Waals surface area contributed by atoms with Gasteiger partial charge in [-0.1, -0.05) is 19.3 Å². The third-order valence-electron chi connectivity index (χ3n) is 4.90. The van der Waals surface area contributed by atoms with E-state index < -0.39 is 0 Å². The molecule has 1 saturated carbocycles. The second kappa shape index (κ2) is 5.50. The quantitative estimate of drug-likeness (QED) is 0.828. The minimum atomic E-state index is 0.266. The summed E-state index contributed by atoms with van der Waals surface area (Å²) >= 11 is 0. The Morgan fingerprint density at radius 2 is 1.83 bits per heavy atom. The van der Waals surface area contributed by atoms with E-state index in [-0.39, 0.29) is 5.54 Å². The monoisotopic (exact) mass is 252 g/mol. The lowest BCUT2D eigenvalue weighted by molar-refractivity contribution is 0.0866. The van der Waals surface area contributed by atoms with Crippen LogP contribution in [0.1, 0.15) is 66.2 Å². The zero-order valence-corrected chi connectivity index (χ0v) is 12.9. The van der Waals surface area contributed by atoms with Crippen molar-refractivity contribution in [3.8, 4) is 0 Å². The fourth-order valence-corrected chi connectivity index (χ4v) is 3.57. The normalized spacial score (nSPS) is 29.7. The highest BCUT2D eigenvalue weighted by Gasteiger charge is 2.37. The molecule has 1 saturated heterocycles. The summed E-state index contributed by atoms with van der Waals surface area (Å²) in [6.45, 7) is 13.1. The van der Waals surface area contributed by atoms with Gasteiger partial charge in [-0.05, 0) is 66.0 Å². The van der Waals surface area contributed by atoms with E-state index in [1.54, 1.807) is 0 Å². The predicted octanol–water partition coefficient (Wildman–Crippen LogP) is 3.42. The molecule has 0 aromatic heterocycles. The van der Waals surface area contributed by atoms with Crippen molar-refractivity contribution in [1.82, 2.24) is 10.2 Å². The first-order chi connectivity index (χ1) is 8.39. The molecule has 2 fully saturated rings. The molecule has 0 bridgehead atoms. The first-order valence-electron chi connectivity index (χ1n) is 7.89. The molecule has 1 aliphatic carbocycles. The van der Waals surface area contributed by atoms with Crippen molar-refractivity contribution in [2.24, 2.45) is 5.92 Å². The van der Waals surface area contributed by atoms with Gasteiger partial charge in [0.2, 0.25) is 0 Å². The molecule has 1 heterocycles. The van der Waals surface area contributed by atoms with E-state index in [1.807, 2.05) is 0 Å². The van der Waals surface area contributed by atoms with Gasteiger partial charge in [-0.25, -0.2) is 0 Å². The summed E-state index contributed by atoms with van der Waals surface area (Å²) in [6.07, 6.45) is 8.58. The molecular formula is C16H32N2. The molecule has 1 atom stereocenters. The fourth-order valence-electron chi connectivity index (χ4n) is 3.57. The maximum atomic E-state index is 3.67. The van der Waals surface area contributed by atoms with Crippen LogP contribution in [0.5, 0.6) is 0 Å². The molecule has 0 radical (unpaired) electrons. The maximum absolute atomic E-state index is 3.67. The number of hydrogen-bond donors (Lipinski definition) is 1. The van der Waals surface area contributed by atoms with Gasteiger partial charge >= 0.3 is 0 Å². The van der Waals surface area contributed by atoms with Crippen molar-refractivity contribution in [3.05, 3.63) is 0 Å². The number of rotatable bonds is 3. The van der Waals surface area contributed by atoms with Crippen LogP contribution < -0.4 is 5.32 Å². The summed E-state index contributed by atoms with van der Waals surface area (Å²) in [7, 11) is 0. The van der Waals surface area contributed by atoms with Gasteiger partial charge in [0.1, 0.15) is 0 Å². The third kappa shape index (κ3) is 3.71. The molecule has 1 aliphatic heterocycles. The molecular weight excluding hydrogens is 220 g/mol. The Morgan fingerprint density at radius 1 is 1.17 bits per heavy atom. The smallest absolute Gasteiger partial charge is 0.0181 e. The van der Waals surface area contributed by atoms with Crippen molar-refractivity contribution in [2.45, 2.75) is 77.3 Å². The minimum Gasteiger partial charge on any atom is -0.312 e. The molecule has 2 nitrogen and oxygen atoms in total. The van der Waals surface area contributed by atoms with Crippen LogP contribution in [0.25, 0.3) is 0 Å². The van der Waals surface area contributed by atoms with Crippen molar-refractivity contribution < 1.29 is 0 Å². The molecule has 0 spiro atoms. The number of hydrogen-bond acceptors (Lipinski definition) is 2. The molecule has 0 aromatic carbocycles. The van der Waals surface area contributed by atoms with Crippen LogP contribution in [0.15, 0.2) is 0 Å². The standard InChI is InChI=1S/C16H32N2/c1-15(2,3)17-12-14-8-11-18(13-14)16(4)9-6-5-7-10-16/h14,17H,5-13H2,1-4H3. The molecule has 1 unspecified atom stereocenters. The lowest BCUT2D eigenvalue weighted by Gasteiger charge is -2.42. The average Bonchev–Trinajstić information content (AvgIpc) is 2.76. The second-order valence-electron chi connectivity index (χ2n) is 7.79. The Labute approximate surface area is 114 Å².